The van der Waals surface area contributed by atoms with Crippen molar-refractivity contribution in [2.45, 2.75) is 6.54 Å². The minimum absolute atomic E-state index is 0.0410. The highest BCUT2D eigenvalue weighted by molar-refractivity contribution is 5.32. The minimum atomic E-state index is -0.388. The van der Waals surface area contributed by atoms with Gasteiger partial charge >= 0.3 is 0 Å². The van der Waals surface area contributed by atoms with E-state index >= 15 is 0 Å². The van der Waals surface area contributed by atoms with Gasteiger partial charge in [-0.15, -0.1) is 0 Å². The van der Waals surface area contributed by atoms with Crippen LogP contribution in [0.25, 0.3) is 0 Å². The summed E-state index contributed by atoms with van der Waals surface area (Å²) in [4.78, 5) is 4.96. The monoisotopic (exact) mass is 215 g/mol. The van der Waals surface area contributed by atoms with Crippen molar-refractivity contribution in [1.82, 2.24) is 5.48 Å². The molecule has 0 saturated heterocycles. The molecular formula is C10H14FNO3. The first kappa shape index (κ1) is 11.9. The van der Waals surface area contributed by atoms with Gasteiger partial charge in [-0.2, -0.15) is 5.48 Å². The van der Waals surface area contributed by atoms with E-state index in [1.54, 1.807) is 7.11 Å². The molecule has 84 valence electrons. The Labute approximate surface area is 87.6 Å². The summed E-state index contributed by atoms with van der Waals surface area (Å²) in [5.74, 6) is -0.347. The number of benzene rings is 1. The fourth-order valence-corrected chi connectivity index (χ4v) is 1.02. The Morgan fingerprint density at radius 1 is 1.40 bits per heavy atom. The Balaban J connectivity index is 2.33. The maximum Gasteiger partial charge on any atom is 0.123 e. The molecule has 0 unspecified atom stereocenters. The number of hydrogen-bond donors (Lipinski definition) is 2. The molecule has 15 heavy (non-hydrogen) atoms. The largest absolute Gasteiger partial charge is 0.508 e. The van der Waals surface area contributed by atoms with Gasteiger partial charge in [0, 0.05) is 19.2 Å². The summed E-state index contributed by atoms with van der Waals surface area (Å²) < 4.78 is 17.5. The van der Waals surface area contributed by atoms with Gasteiger partial charge in [0.1, 0.15) is 11.6 Å². The number of methoxy groups -OCH3 is 1. The highest BCUT2D eigenvalue weighted by Crippen LogP contribution is 2.17. The third-order valence-electron chi connectivity index (χ3n) is 1.80. The zero-order chi connectivity index (χ0) is 11.1. The third kappa shape index (κ3) is 4.24. The van der Waals surface area contributed by atoms with Crippen molar-refractivity contribution in [3.63, 3.8) is 0 Å². The van der Waals surface area contributed by atoms with Crippen molar-refractivity contribution >= 4 is 0 Å². The standard InChI is InChI=1S/C10H14FNO3/c1-14-4-5-15-12-7-8-6-9(11)2-3-10(8)13/h2-3,6,12-13H,4-5,7H2,1H3. The van der Waals surface area contributed by atoms with Crippen molar-refractivity contribution in [2.75, 3.05) is 20.3 Å². The lowest BCUT2D eigenvalue weighted by molar-refractivity contribution is 0.00319. The summed E-state index contributed by atoms with van der Waals surface area (Å²) in [7, 11) is 1.57. The average Bonchev–Trinajstić information content (AvgIpc) is 2.23. The molecule has 0 radical (unpaired) electrons. The molecule has 5 heteroatoms. The predicted molar refractivity (Wildman–Crippen MR) is 52.7 cm³/mol. The summed E-state index contributed by atoms with van der Waals surface area (Å²) in [6.07, 6.45) is 0. The van der Waals surface area contributed by atoms with E-state index < -0.39 is 0 Å². The van der Waals surface area contributed by atoms with Crippen LogP contribution < -0.4 is 5.48 Å². The first-order chi connectivity index (χ1) is 7.24. The number of phenols is 1. The summed E-state index contributed by atoms with van der Waals surface area (Å²) >= 11 is 0. The summed E-state index contributed by atoms with van der Waals surface area (Å²) in [6, 6.07) is 3.76. The molecule has 2 N–H and O–H groups in total. The zero-order valence-corrected chi connectivity index (χ0v) is 8.50. The second kappa shape index (κ2) is 6.34. The highest BCUT2D eigenvalue weighted by atomic mass is 19.1. The Kier molecular flexibility index (Phi) is 5.03. The number of halogens is 1. The van der Waals surface area contributed by atoms with Gasteiger partial charge in [-0.05, 0) is 18.2 Å². The SMILES string of the molecule is COCCONCc1cc(F)ccc1O. The van der Waals surface area contributed by atoms with Crippen LogP contribution in [0.4, 0.5) is 4.39 Å². The fourth-order valence-electron chi connectivity index (χ4n) is 1.02. The summed E-state index contributed by atoms with van der Waals surface area (Å²) in [6.45, 7) is 1.11. The molecule has 0 aliphatic rings. The van der Waals surface area contributed by atoms with Crippen LogP contribution in [-0.2, 0) is 16.1 Å². The molecular weight excluding hydrogens is 201 g/mol. The Morgan fingerprint density at radius 2 is 2.20 bits per heavy atom. The molecule has 1 rings (SSSR count). The molecule has 1 aromatic rings. The molecule has 0 fully saturated rings. The number of rotatable bonds is 6. The number of hydrogen-bond acceptors (Lipinski definition) is 4. The Hall–Kier alpha value is -1.17. The van der Waals surface area contributed by atoms with Crippen LogP contribution in [0.15, 0.2) is 18.2 Å². The quantitative estimate of drug-likeness (QED) is 0.553. The van der Waals surface area contributed by atoms with E-state index in [9.17, 15) is 9.50 Å². The van der Waals surface area contributed by atoms with Gasteiger partial charge in [0.05, 0.1) is 13.2 Å². The lowest BCUT2D eigenvalue weighted by Crippen LogP contribution is -2.17. The second-order valence-electron chi connectivity index (χ2n) is 2.94. The van der Waals surface area contributed by atoms with Crippen molar-refractivity contribution in [2.24, 2.45) is 0 Å². The summed E-state index contributed by atoms with van der Waals surface area (Å²) in [5, 5.41) is 9.35. The smallest absolute Gasteiger partial charge is 0.123 e. The van der Waals surface area contributed by atoms with Crippen LogP contribution in [-0.4, -0.2) is 25.4 Å². The third-order valence-corrected chi connectivity index (χ3v) is 1.80. The Bertz CT molecular complexity index is 307. The minimum Gasteiger partial charge on any atom is -0.508 e. The van der Waals surface area contributed by atoms with Crippen molar-refractivity contribution in [3.05, 3.63) is 29.6 Å². The number of phenolic OH excluding ortho intramolecular Hbond substituents is 1. The van der Waals surface area contributed by atoms with Gasteiger partial charge in [0.2, 0.25) is 0 Å². The maximum absolute atomic E-state index is 12.8. The Morgan fingerprint density at radius 3 is 2.93 bits per heavy atom. The topological polar surface area (TPSA) is 50.7 Å². The van der Waals surface area contributed by atoms with Crippen LogP contribution in [0.1, 0.15) is 5.56 Å². The molecule has 0 heterocycles. The van der Waals surface area contributed by atoms with Crippen molar-refractivity contribution < 1.29 is 19.1 Å². The normalized spacial score (nSPS) is 10.5. The van der Waals surface area contributed by atoms with Gasteiger partial charge in [0.25, 0.3) is 0 Å². The van der Waals surface area contributed by atoms with Crippen molar-refractivity contribution in [3.8, 4) is 5.75 Å². The van der Waals surface area contributed by atoms with Crippen LogP contribution in [0, 0.1) is 5.82 Å². The molecule has 0 spiro atoms. The molecule has 1 aromatic carbocycles. The lowest BCUT2D eigenvalue weighted by atomic mass is 10.2. The number of nitrogens with one attached hydrogen (secondary N) is 1. The summed E-state index contributed by atoms with van der Waals surface area (Å²) in [5.41, 5.74) is 3.05. The molecule has 0 amide bonds. The molecule has 0 saturated carbocycles. The lowest BCUT2D eigenvalue weighted by Gasteiger charge is -2.07. The van der Waals surface area contributed by atoms with E-state index in [0.717, 1.165) is 0 Å². The first-order valence-electron chi connectivity index (χ1n) is 4.55. The van der Waals surface area contributed by atoms with Crippen LogP contribution in [0.5, 0.6) is 5.75 Å². The van der Waals surface area contributed by atoms with E-state index in [2.05, 4.69) is 5.48 Å². The molecule has 0 aliphatic heterocycles. The van der Waals surface area contributed by atoms with E-state index in [4.69, 9.17) is 9.57 Å². The van der Waals surface area contributed by atoms with E-state index in [-0.39, 0.29) is 18.1 Å². The van der Waals surface area contributed by atoms with Gasteiger partial charge in [-0.1, -0.05) is 0 Å². The van der Waals surface area contributed by atoms with Gasteiger partial charge < -0.3 is 9.84 Å². The van der Waals surface area contributed by atoms with E-state index in [1.807, 2.05) is 0 Å². The van der Waals surface area contributed by atoms with Crippen LogP contribution in [0.2, 0.25) is 0 Å². The molecule has 0 aliphatic carbocycles. The number of aromatic hydroxyl groups is 1. The van der Waals surface area contributed by atoms with Gasteiger partial charge in [-0.3, -0.25) is 4.84 Å². The maximum atomic E-state index is 12.8. The van der Waals surface area contributed by atoms with Gasteiger partial charge in [0.15, 0.2) is 0 Å². The van der Waals surface area contributed by atoms with Crippen LogP contribution in [0.3, 0.4) is 0 Å². The molecule has 4 nitrogen and oxygen atoms in total. The molecule has 0 atom stereocenters. The second-order valence-corrected chi connectivity index (χ2v) is 2.94. The van der Waals surface area contributed by atoms with Crippen molar-refractivity contribution in [1.29, 1.82) is 0 Å². The number of hydroxylamine groups is 1. The highest BCUT2D eigenvalue weighted by Gasteiger charge is 2.02. The fraction of sp³-hybridized carbons (Fsp3) is 0.400. The molecule has 0 aromatic heterocycles. The molecule has 0 bridgehead atoms. The van der Waals surface area contributed by atoms with Gasteiger partial charge in [-0.25, -0.2) is 4.39 Å². The van der Waals surface area contributed by atoms with E-state index in [0.29, 0.717) is 18.8 Å². The van der Waals surface area contributed by atoms with E-state index in [1.165, 1.54) is 18.2 Å². The number of ether oxygens (including phenoxy) is 1. The average molecular weight is 215 g/mol. The van der Waals surface area contributed by atoms with Crippen LogP contribution >= 0.6 is 0 Å². The first-order valence-corrected chi connectivity index (χ1v) is 4.55. The predicted octanol–water partition coefficient (Wildman–Crippen LogP) is 1.20. The zero-order valence-electron chi connectivity index (χ0n) is 8.50.